The van der Waals surface area contributed by atoms with E-state index in [0.717, 1.165) is 12.1 Å². The van der Waals surface area contributed by atoms with Gasteiger partial charge in [-0.25, -0.2) is 19.7 Å². The quantitative estimate of drug-likeness (QED) is 0.280. The second-order valence-electron chi connectivity index (χ2n) is 10.6. The van der Waals surface area contributed by atoms with Crippen LogP contribution < -0.4 is 19.4 Å². The Morgan fingerprint density at radius 1 is 1.17 bits per heavy atom. The van der Waals surface area contributed by atoms with Gasteiger partial charge in [0.2, 0.25) is 11.8 Å². The zero-order valence-electron chi connectivity index (χ0n) is 25.8. The van der Waals surface area contributed by atoms with Gasteiger partial charge in [-0.3, -0.25) is 9.69 Å². The Labute approximate surface area is 264 Å². The average molecular weight is 642 g/mol. The van der Waals surface area contributed by atoms with E-state index in [1.54, 1.807) is 42.0 Å². The summed E-state index contributed by atoms with van der Waals surface area (Å²) < 4.78 is 52.2. The van der Waals surface area contributed by atoms with Gasteiger partial charge in [0.05, 0.1) is 72.8 Å². The van der Waals surface area contributed by atoms with E-state index in [-0.39, 0.29) is 61.5 Å². The van der Waals surface area contributed by atoms with Crippen LogP contribution in [0.3, 0.4) is 0 Å². The summed E-state index contributed by atoms with van der Waals surface area (Å²) in [6.45, 7) is 3.81. The lowest BCUT2D eigenvalue weighted by molar-refractivity contribution is -0.138. The van der Waals surface area contributed by atoms with Crippen LogP contribution in [0.1, 0.15) is 61.5 Å². The molecule has 12 nitrogen and oxygen atoms in total. The minimum absolute atomic E-state index is 0.108. The van der Waals surface area contributed by atoms with Crippen molar-refractivity contribution < 1.29 is 37.3 Å². The molecule has 244 valence electrons. The zero-order chi connectivity index (χ0) is 33.6. The third-order valence-corrected chi connectivity index (χ3v) is 7.62. The highest BCUT2D eigenvalue weighted by atomic mass is 19.4. The summed E-state index contributed by atoms with van der Waals surface area (Å²) in [6.07, 6.45) is -1.56. The number of methoxy groups -OCH3 is 1. The first kappa shape index (κ1) is 33.8. The molecule has 3 heterocycles. The Morgan fingerprint density at radius 3 is 2.48 bits per heavy atom. The van der Waals surface area contributed by atoms with Gasteiger partial charge in [-0.05, 0) is 49.6 Å². The van der Waals surface area contributed by atoms with Crippen molar-refractivity contribution in [2.24, 2.45) is 0 Å². The van der Waals surface area contributed by atoms with Gasteiger partial charge in [0, 0.05) is 32.2 Å². The number of aromatic nitrogens is 3. The average Bonchev–Trinajstić information content (AvgIpc) is 3.04. The van der Waals surface area contributed by atoms with Gasteiger partial charge >= 0.3 is 18.2 Å². The predicted molar refractivity (Wildman–Crippen MR) is 162 cm³/mol. The van der Waals surface area contributed by atoms with Crippen LogP contribution in [0.15, 0.2) is 42.7 Å². The number of rotatable bonds is 11. The molecule has 0 saturated carbocycles. The van der Waals surface area contributed by atoms with E-state index in [4.69, 9.17) is 14.6 Å². The van der Waals surface area contributed by atoms with E-state index >= 15 is 0 Å². The first-order valence-electron chi connectivity index (χ1n) is 14.5. The van der Waals surface area contributed by atoms with Crippen LogP contribution in [0.25, 0.3) is 0 Å². The number of carboxylic acid groups (broad SMARTS) is 1. The molecule has 46 heavy (non-hydrogen) atoms. The monoisotopic (exact) mass is 641 g/mol. The van der Waals surface area contributed by atoms with E-state index in [1.807, 2.05) is 6.92 Å². The molecule has 4 rings (SSSR count). The van der Waals surface area contributed by atoms with Crippen molar-refractivity contribution in [1.82, 2.24) is 15.0 Å². The van der Waals surface area contributed by atoms with E-state index < -0.39 is 29.8 Å². The number of carbonyl (C=O) groups excluding carboxylic acids is 1. The Kier molecular flexibility index (Phi) is 10.5. The van der Waals surface area contributed by atoms with Crippen molar-refractivity contribution in [3.63, 3.8) is 0 Å². The number of benzene rings is 1. The minimum atomic E-state index is -4.69. The molecule has 1 aromatic carbocycles. The largest absolute Gasteiger partial charge is 0.481 e. The summed E-state index contributed by atoms with van der Waals surface area (Å²) in [6, 6.07) is 7.20. The van der Waals surface area contributed by atoms with Gasteiger partial charge in [0.25, 0.3) is 0 Å². The van der Waals surface area contributed by atoms with Gasteiger partial charge in [-0.15, -0.1) is 0 Å². The summed E-state index contributed by atoms with van der Waals surface area (Å²) in [4.78, 5) is 42.8. The number of hydrogen-bond donors (Lipinski definition) is 1. The number of aliphatic carboxylic acids is 1. The number of nitriles is 1. The first-order chi connectivity index (χ1) is 21.9. The number of fused-ring (bicyclic) bond motifs is 1. The SMILES string of the molecule is CCOC(=O)N1c2ccc(OC)nc2[C@@H](N(Cc2cc(C#N)cc(C(F)(F)F)c2)c2ncc(N(C)CCC(=O)O)cn2)C[C@H]1CC. The van der Waals surface area contributed by atoms with Gasteiger partial charge in [0.15, 0.2) is 0 Å². The number of ether oxygens (including phenoxy) is 2. The van der Waals surface area contributed by atoms with Gasteiger partial charge in [-0.1, -0.05) is 6.92 Å². The number of carboxylic acids is 1. The molecule has 0 fully saturated rings. The highest BCUT2D eigenvalue weighted by Crippen LogP contribution is 2.43. The normalized spacial score (nSPS) is 15.8. The molecule has 0 unspecified atom stereocenters. The second-order valence-corrected chi connectivity index (χ2v) is 10.6. The number of amides is 1. The topological polar surface area (TPSA) is 145 Å². The minimum Gasteiger partial charge on any atom is -0.481 e. The van der Waals surface area contributed by atoms with E-state index in [2.05, 4.69) is 15.0 Å². The molecule has 1 aliphatic rings. The molecule has 0 saturated heterocycles. The molecule has 15 heteroatoms. The molecular weight excluding hydrogens is 607 g/mol. The molecule has 1 aliphatic heterocycles. The van der Waals surface area contributed by atoms with Crippen molar-refractivity contribution in [3.8, 4) is 11.9 Å². The second kappa shape index (κ2) is 14.3. The lowest BCUT2D eigenvalue weighted by Gasteiger charge is -2.43. The molecule has 0 spiro atoms. The molecule has 0 radical (unpaired) electrons. The van der Waals surface area contributed by atoms with E-state index in [9.17, 15) is 28.0 Å². The Balaban J connectivity index is 1.87. The summed E-state index contributed by atoms with van der Waals surface area (Å²) in [5, 5.41) is 18.6. The Hall–Kier alpha value is -5.13. The fourth-order valence-electron chi connectivity index (χ4n) is 5.33. The van der Waals surface area contributed by atoms with Crippen LogP contribution in [0, 0.1) is 11.3 Å². The molecular formula is C31H34F3N7O5. The fraction of sp³-hybridized carbons (Fsp3) is 0.419. The van der Waals surface area contributed by atoms with E-state index in [1.165, 1.54) is 30.5 Å². The van der Waals surface area contributed by atoms with Crippen molar-refractivity contribution in [2.75, 3.05) is 42.0 Å². The van der Waals surface area contributed by atoms with Crippen molar-refractivity contribution >= 4 is 29.4 Å². The van der Waals surface area contributed by atoms with Crippen LogP contribution in [0.2, 0.25) is 0 Å². The Morgan fingerprint density at radius 2 is 1.89 bits per heavy atom. The molecule has 0 aliphatic carbocycles. The predicted octanol–water partition coefficient (Wildman–Crippen LogP) is 5.57. The maximum absolute atomic E-state index is 13.8. The standard InChI is InChI=1S/C31H34F3N7O5/c1-5-22-14-25(28-24(7-8-26(38-28)45-4)41(22)30(44)46-6-2)40(18-20-11-19(15-35)12-21(13-20)31(32,33)34)29-36-16-23(17-37-29)39(3)10-9-27(42)43/h7-8,11-13,16-17,22,25H,5-6,9-10,14,18H2,1-4H3,(H,42,43)/t22-,25+/m1/s1. The molecule has 1 N–H and O–H groups in total. The lowest BCUT2D eigenvalue weighted by Crippen LogP contribution is -2.48. The van der Waals surface area contributed by atoms with Gasteiger partial charge in [0.1, 0.15) is 0 Å². The van der Waals surface area contributed by atoms with Crippen LogP contribution in [0.4, 0.5) is 35.3 Å². The number of hydrogen-bond acceptors (Lipinski definition) is 10. The zero-order valence-corrected chi connectivity index (χ0v) is 25.8. The number of halogens is 3. The van der Waals surface area contributed by atoms with Crippen LogP contribution in [-0.2, 0) is 22.3 Å². The Bertz CT molecular complexity index is 1600. The smallest absolute Gasteiger partial charge is 0.416 e. The van der Waals surface area contributed by atoms with Crippen molar-refractivity contribution in [1.29, 1.82) is 5.26 Å². The van der Waals surface area contributed by atoms with Crippen LogP contribution in [-0.4, -0.2) is 65.5 Å². The maximum Gasteiger partial charge on any atom is 0.416 e. The number of nitrogens with zero attached hydrogens (tertiary/aromatic N) is 7. The molecule has 2 atom stereocenters. The summed E-state index contributed by atoms with van der Waals surface area (Å²) in [5.41, 5.74) is 0.420. The van der Waals surface area contributed by atoms with E-state index in [0.29, 0.717) is 23.5 Å². The van der Waals surface area contributed by atoms with Crippen LogP contribution >= 0.6 is 0 Å². The van der Waals surface area contributed by atoms with Gasteiger partial charge in [-0.2, -0.15) is 18.4 Å². The highest BCUT2D eigenvalue weighted by Gasteiger charge is 2.41. The maximum atomic E-state index is 13.8. The first-order valence-corrected chi connectivity index (χ1v) is 14.5. The molecule has 1 amide bonds. The molecule has 3 aromatic rings. The number of alkyl halides is 3. The number of pyridine rings is 1. The number of carbonyl (C=O) groups is 2. The van der Waals surface area contributed by atoms with Gasteiger partial charge < -0.3 is 24.4 Å². The third kappa shape index (κ3) is 7.56. The molecule has 2 aromatic heterocycles. The number of anilines is 3. The summed E-state index contributed by atoms with van der Waals surface area (Å²) in [5.74, 6) is -0.564. The summed E-state index contributed by atoms with van der Waals surface area (Å²) >= 11 is 0. The third-order valence-electron chi connectivity index (χ3n) is 7.62. The van der Waals surface area contributed by atoms with Crippen molar-refractivity contribution in [2.45, 2.75) is 57.9 Å². The van der Waals surface area contributed by atoms with Crippen LogP contribution in [0.5, 0.6) is 5.88 Å². The molecule has 0 bridgehead atoms. The highest BCUT2D eigenvalue weighted by molar-refractivity contribution is 5.90. The lowest BCUT2D eigenvalue weighted by atomic mass is 9.92. The summed E-state index contributed by atoms with van der Waals surface area (Å²) in [7, 11) is 3.13. The fourth-order valence-corrected chi connectivity index (χ4v) is 5.33. The van der Waals surface area contributed by atoms with Crippen molar-refractivity contribution in [3.05, 3.63) is 65.1 Å².